The summed E-state index contributed by atoms with van der Waals surface area (Å²) in [4.78, 5) is 4.64. The molecule has 2 aliphatic heterocycles. The molecule has 0 fully saturated rings. The predicted octanol–water partition coefficient (Wildman–Crippen LogP) is 2.96. The van der Waals surface area contributed by atoms with Crippen LogP contribution in [-0.2, 0) is 11.2 Å². The molecule has 3 nitrogen and oxygen atoms in total. The lowest BCUT2D eigenvalue weighted by molar-refractivity contribution is 0.277. The minimum Gasteiger partial charge on any atom is -0.492 e. The molecular weight excluding hydrogens is 226 g/mol. The van der Waals surface area contributed by atoms with Crippen LogP contribution in [0.5, 0.6) is 5.75 Å². The van der Waals surface area contributed by atoms with Crippen molar-refractivity contribution in [2.45, 2.75) is 38.6 Å². The first-order valence-electron chi connectivity index (χ1n) is 6.63. The molecule has 2 aliphatic rings. The topological polar surface area (TPSA) is 30.8 Å². The fourth-order valence-corrected chi connectivity index (χ4v) is 2.43. The van der Waals surface area contributed by atoms with E-state index in [0.29, 0.717) is 6.61 Å². The van der Waals surface area contributed by atoms with Crippen LogP contribution in [-0.4, -0.2) is 24.7 Å². The Labute approximate surface area is 108 Å². The first-order valence-corrected chi connectivity index (χ1v) is 6.63. The molecule has 0 saturated heterocycles. The summed E-state index contributed by atoms with van der Waals surface area (Å²) >= 11 is 0. The number of rotatable bonds is 1. The van der Waals surface area contributed by atoms with Gasteiger partial charge in [0.2, 0.25) is 5.90 Å². The molecule has 0 unspecified atom stereocenters. The number of hydrogen-bond donors (Lipinski definition) is 0. The van der Waals surface area contributed by atoms with Crippen molar-refractivity contribution in [1.29, 1.82) is 0 Å². The maximum absolute atomic E-state index is 5.90. The Morgan fingerprint density at radius 3 is 2.83 bits per heavy atom. The zero-order chi connectivity index (χ0) is 12.6. The molecule has 2 heterocycles. The maximum Gasteiger partial charge on any atom is 0.220 e. The van der Waals surface area contributed by atoms with E-state index in [9.17, 15) is 0 Å². The van der Waals surface area contributed by atoms with Gasteiger partial charge < -0.3 is 9.47 Å². The Hall–Kier alpha value is -1.51. The van der Waals surface area contributed by atoms with Crippen LogP contribution in [0.1, 0.15) is 37.8 Å². The van der Waals surface area contributed by atoms with Crippen LogP contribution < -0.4 is 4.74 Å². The molecule has 0 aromatic heterocycles. The molecule has 3 heteroatoms. The van der Waals surface area contributed by atoms with Crippen LogP contribution in [0, 0.1) is 0 Å². The average Bonchev–Trinajstić information content (AvgIpc) is 2.58. The van der Waals surface area contributed by atoms with Crippen LogP contribution in [0.3, 0.4) is 0 Å². The van der Waals surface area contributed by atoms with Crippen LogP contribution in [0.15, 0.2) is 23.2 Å². The lowest BCUT2D eigenvalue weighted by atomic mass is 10.0. The molecule has 0 spiro atoms. The van der Waals surface area contributed by atoms with Crippen molar-refractivity contribution in [3.05, 3.63) is 29.3 Å². The molecule has 0 aliphatic carbocycles. The monoisotopic (exact) mass is 245 g/mol. The SMILES string of the molecule is CC1(C)COC(c2cccc3c2OCCCC3)=N1. The normalized spacial score (nSPS) is 21.3. The van der Waals surface area contributed by atoms with Gasteiger partial charge in [0.15, 0.2) is 0 Å². The number of ether oxygens (including phenoxy) is 2. The Kier molecular flexibility index (Phi) is 2.77. The molecule has 0 bridgehead atoms. The van der Waals surface area contributed by atoms with Crippen molar-refractivity contribution in [2.24, 2.45) is 4.99 Å². The van der Waals surface area contributed by atoms with Crippen molar-refractivity contribution < 1.29 is 9.47 Å². The van der Waals surface area contributed by atoms with Gasteiger partial charge in [-0.2, -0.15) is 0 Å². The predicted molar refractivity (Wildman–Crippen MR) is 71.4 cm³/mol. The number of aliphatic imine (C=N–C) groups is 1. The van der Waals surface area contributed by atoms with Gasteiger partial charge in [-0.1, -0.05) is 12.1 Å². The maximum atomic E-state index is 5.90. The summed E-state index contributed by atoms with van der Waals surface area (Å²) in [6.45, 7) is 5.61. The van der Waals surface area contributed by atoms with Crippen molar-refractivity contribution in [3.8, 4) is 5.75 Å². The molecule has 18 heavy (non-hydrogen) atoms. The summed E-state index contributed by atoms with van der Waals surface area (Å²) in [7, 11) is 0. The van der Waals surface area contributed by atoms with Gasteiger partial charge in [0.05, 0.1) is 17.7 Å². The van der Waals surface area contributed by atoms with Gasteiger partial charge in [-0.25, -0.2) is 4.99 Å². The van der Waals surface area contributed by atoms with Gasteiger partial charge in [0.1, 0.15) is 12.4 Å². The van der Waals surface area contributed by atoms with Gasteiger partial charge in [-0.15, -0.1) is 0 Å². The van der Waals surface area contributed by atoms with Gasteiger partial charge in [0, 0.05) is 0 Å². The average molecular weight is 245 g/mol. The Morgan fingerprint density at radius 2 is 2.06 bits per heavy atom. The molecule has 0 amide bonds. The Balaban J connectivity index is 2.03. The van der Waals surface area contributed by atoms with Gasteiger partial charge >= 0.3 is 0 Å². The minimum atomic E-state index is -0.122. The largest absolute Gasteiger partial charge is 0.492 e. The molecule has 0 saturated carbocycles. The summed E-state index contributed by atoms with van der Waals surface area (Å²) in [5.74, 6) is 1.71. The smallest absolute Gasteiger partial charge is 0.220 e. The third kappa shape index (κ3) is 2.09. The number of hydrogen-bond acceptors (Lipinski definition) is 3. The summed E-state index contributed by atoms with van der Waals surface area (Å²) in [5, 5.41) is 0. The van der Waals surface area contributed by atoms with E-state index in [1.807, 2.05) is 6.07 Å². The summed E-state index contributed by atoms with van der Waals surface area (Å²) in [6.07, 6.45) is 3.39. The second-order valence-electron chi connectivity index (χ2n) is 5.62. The van der Waals surface area contributed by atoms with E-state index in [1.54, 1.807) is 0 Å². The second kappa shape index (κ2) is 4.30. The molecule has 3 rings (SSSR count). The first-order chi connectivity index (χ1) is 8.66. The second-order valence-corrected chi connectivity index (χ2v) is 5.62. The first kappa shape index (κ1) is 11.6. The molecule has 0 N–H and O–H groups in total. The van der Waals surface area contributed by atoms with Crippen LogP contribution in [0.25, 0.3) is 0 Å². The third-order valence-corrected chi connectivity index (χ3v) is 3.38. The number of nitrogens with zero attached hydrogens (tertiary/aromatic N) is 1. The van der Waals surface area contributed by atoms with Crippen LogP contribution >= 0.6 is 0 Å². The minimum absolute atomic E-state index is 0.122. The van der Waals surface area contributed by atoms with Gasteiger partial charge in [-0.05, 0) is 44.7 Å². The summed E-state index contributed by atoms with van der Waals surface area (Å²) in [6, 6.07) is 6.26. The van der Waals surface area contributed by atoms with E-state index in [4.69, 9.17) is 9.47 Å². The molecule has 1 aromatic carbocycles. The highest BCUT2D eigenvalue weighted by atomic mass is 16.5. The van der Waals surface area contributed by atoms with E-state index < -0.39 is 0 Å². The van der Waals surface area contributed by atoms with Crippen molar-refractivity contribution >= 4 is 5.90 Å². The Morgan fingerprint density at radius 1 is 1.17 bits per heavy atom. The van der Waals surface area contributed by atoms with Crippen molar-refractivity contribution in [3.63, 3.8) is 0 Å². The number of benzene rings is 1. The number of aryl methyl sites for hydroxylation is 1. The lowest BCUT2D eigenvalue weighted by Crippen LogP contribution is -2.17. The van der Waals surface area contributed by atoms with Crippen LogP contribution in [0.4, 0.5) is 0 Å². The van der Waals surface area contributed by atoms with Crippen LogP contribution in [0.2, 0.25) is 0 Å². The summed E-state index contributed by atoms with van der Waals surface area (Å²) in [5.41, 5.74) is 2.17. The molecule has 1 aromatic rings. The fourth-order valence-electron chi connectivity index (χ4n) is 2.43. The highest BCUT2D eigenvalue weighted by molar-refractivity contribution is 5.98. The van der Waals surface area contributed by atoms with Gasteiger partial charge in [-0.3, -0.25) is 0 Å². The molecular formula is C15H19NO2. The Bertz CT molecular complexity index is 491. The van der Waals surface area contributed by atoms with E-state index in [-0.39, 0.29) is 5.54 Å². The zero-order valence-electron chi connectivity index (χ0n) is 11.0. The third-order valence-electron chi connectivity index (χ3n) is 3.38. The van der Waals surface area contributed by atoms with E-state index >= 15 is 0 Å². The zero-order valence-corrected chi connectivity index (χ0v) is 11.0. The summed E-state index contributed by atoms with van der Waals surface area (Å²) < 4.78 is 11.6. The number of para-hydroxylation sites is 1. The molecule has 0 atom stereocenters. The molecule has 0 radical (unpaired) electrons. The lowest BCUT2D eigenvalue weighted by Gasteiger charge is -2.12. The highest BCUT2D eigenvalue weighted by Crippen LogP contribution is 2.31. The standard InChI is InChI=1S/C15H19NO2/c1-15(2)10-18-14(16-15)12-8-5-7-11-6-3-4-9-17-13(11)12/h5,7-8H,3-4,6,9-10H2,1-2H3. The van der Waals surface area contributed by atoms with E-state index in [0.717, 1.165) is 36.7 Å². The molecule has 96 valence electrons. The van der Waals surface area contributed by atoms with E-state index in [2.05, 4.69) is 31.0 Å². The van der Waals surface area contributed by atoms with E-state index in [1.165, 1.54) is 12.0 Å². The number of fused-ring (bicyclic) bond motifs is 1. The highest BCUT2D eigenvalue weighted by Gasteiger charge is 2.29. The van der Waals surface area contributed by atoms with Crippen molar-refractivity contribution in [1.82, 2.24) is 0 Å². The quantitative estimate of drug-likeness (QED) is 0.761. The fraction of sp³-hybridized carbons (Fsp3) is 0.533. The van der Waals surface area contributed by atoms with Gasteiger partial charge in [0.25, 0.3) is 0 Å². The van der Waals surface area contributed by atoms with Crippen molar-refractivity contribution in [2.75, 3.05) is 13.2 Å².